The lowest BCUT2D eigenvalue weighted by molar-refractivity contribution is -0.0120. The van der Waals surface area contributed by atoms with Gasteiger partial charge in [0.05, 0.1) is 6.10 Å². The van der Waals surface area contributed by atoms with Gasteiger partial charge in [0.2, 0.25) is 0 Å². The SMILES string of the molecule is OCC#Cc1ccc(CN2CCC[C@]3(CCC[C@H]3O)C2)cc1. The number of rotatable bonds is 2. The third-order valence-electron chi connectivity index (χ3n) is 5.22. The number of aliphatic hydroxyl groups is 2. The van der Waals surface area contributed by atoms with E-state index in [9.17, 15) is 5.11 Å². The lowest BCUT2D eigenvalue weighted by Gasteiger charge is -2.42. The summed E-state index contributed by atoms with van der Waals surface area (Å²) in [5.74, 6) is 5.59. The zero-order valence-corrected chi connectivity index (χ0v) is 13.1. The maximum Gasteiger partial charge on any atom is 0.104 e. The van der Waals surface area contributed by atoms with E-state index < -0.39 is 0 Å². The van der Waals surface area contributed by atoms with Crippen LogP contribution in [-0.4, -0.2) is 40.9 Å². The highest BCUT2D eigenvalue weighted by molar-refractivity contribution is 5.36. The van der Waals surface area contributed by atoms with E-state index >= 15 is 0 Å². The maximum absolute atomic E-state index is 10.3. The van der Waals surface area contributed by atoms with Gasteiger partial charge in [0.25, 0.3) is 0 Å². The highest BCUT2D eigenvalue weighted by Crippen LogP contribution is 2.45. The van der Waals surface area contributed by atoms with Gasteiger partial charge >= 0.3 is 0 Å². The largest absolute Gasteiger partial charge is 0.393 e. The predicted molar refractivity (Wildman–Crippen MR) is 87.2 cm³/mol. The third-order valence-corrected chi connectivity index (χ3v) is 5.22. The van der Waals surface area contributed by atoms with E-state index in [-0.39, 0.29) is 18.1 Å². The first-order chi connectivity index (χ1) is 10.7. The Morgan fingerprint density at radius 3 is 2.64 bits per heavy atom. The molecule has 1 spiro atoms. The summed E-state index contributed by atoms with van der Waals surface area (Å²) in [7, 11) is 0. The first-order valence-electron chi connectivity index (χ1n) is 8.31. The van der Waals surface area contributed by atoms with Crippen LogP contribution in [0.5, 0.6) is 0 Å². The molecule has 2 N–H and O–H groups in total. The topological polar surface area (TPSA) is 43.7 Å². The zero-order valence-electron chi connectivity index (χ0n) is 13.1. The van der Waals surface area contributed by atoms with Gasteiger partial charge in [0, 0.05) is 24.1 Å². The second-order valence-electron chi connectivity index (χ2n) is 6.74. The molecule has 118 valence electrons. The van der Waals surface area contributed by atoms with Gasteiger partial charge in [-0.25, -0.2) is 0 Å². The van der Waals surface area contributed by atoms with E-state index in [0.717, 1.165) is 31.6 Å². The van der Waals surface area contributed by atoms with Gasteiger partial charge in [-0.1, -0.05) is 30.4 Å². The Morgan fingerprint density at radius 2 is 1.95 bits per heavy atom. The van der Waals surface area contributed by atoms with E-state index in [1.807, 2.05) is 12.1 Å². The molecule has 3 nitrogen and oxygen atoms in total. The molecule has 22 heavy (non-hydrogen) atoms. The molecule has 1 aliphatic carbocycles. The van der Waals surface area contributed by atoms with Crippen molar-refractivity contribution in [2.45, 2.75) is 44.8 Å². The Morgan fingerprint density at radius 1 is 1.18 bits per heavy atom. The number of piperidine rings is 1. The molecular formula is C19H25NO2. The van der Waals surface area contributed by atoms with E-state index in [2.05, 4.69) is 28.9 Å². The molecule has 3 heteroatoms. The monoisotopic (exact) mass is 299 g/mol. The molecular weight excluding hydrogens is 274 g/mol. The van der Waals surface area contributed by atoms with Crippen LogP contribution in [-0.2, 0) is 6.54 Å². The molecule has 1 heterocycles. The van der Waals surface area contributed by atoms with Crippen LogP contribution in [0.25, 0.3) is 0 Å². The second-order valence-corrected chi connectivity index (χ2v) is 6.74. The average molecular weight is 299 g/mol. The molecule has 3 rings (SSSR count). The number of nitrogens with zero attached hydrogens (tertiary/aromatic N) is 1. The predicted octanol–water partition coefficient (Wildman–Crippen LogP) is 2.16. The maximum atomic E-state index is 10.3. The Labute approximate surface area is 133 Å². The first-order valence-corrected chi connectivity index (χ1v) is 8.31. The average Bonchev–Trinajstić information content (AvgIpc) is 2.87. The molecule has 2 atom stereocenters. The molecule has 2 aliphatic rings. The zero-order chi connectivity index (χ0) is 15.4. The minimum atomic E-state index is -0.105. The fourth-order valence-corrected chi connectivity index (χ4v) is 4.08. The second kappa shape index (κ2) is 6.83. The van der Waals surface area contributed by atoms with Gasteiger partial charge < -0.3 is 10.2 Å². The lowest BCUT2D eigenvalue weighted by atomic mass is 9.76. The van der Waals surface area contributed by atoms with Gasteiger partial charge in [0.1, 0.15) is 6.61 Å². The molecule has 1 saturated heterocycles. The van der Waals surface area contributed by atoms with Crippen molar-refractivity contribution in [3.05, 3.63) is 35.4 Å². The number of aliphatic hydroxyl groups excluding tert-OH is 2. The quantitative estimate of drug-likeness (QED) is 0.823. The summed E-state index contributed by atoms with van der Waals surface area (Å²) >= 11 is 0. The normalized spacial score (nSPS) is 28.5. The smallest absolute Gasteiger partial charge is 0.104 e. The Bertz CT molecular complexity index is 557. The highest BCUT2D eigenvalue weighted by Gasteiger charge is 2.44. The molecule has 0 bridgehead atoms. The van der Waals surface area contributed by atoms with Crippen LogP contribution in [0.2, 0.25) is 0 Å². The van der Waals surface area contributed by atoms with Crippen molar-refractivity contribution in [1.82, 2.24) is 4.90 Å². The summed E-state index contributed by atoms with van der Waals surface area (Å²) in [6.45, 7) is 3.00. The molecule has 1 aromatic carbocycles. The summed E-state index contributed by atoms with van der Waals surface area (Å²) in [4.78, 5) is 2.49. The van der Waals surface area contributed by atoms with Gasteiger partial charge in [0.15, 0.2) is 0 Å². The van der Waals surface area contributed by atoms with Crippen molar-refractivity contribution in [3.63, 3.8) is 0 Å². The molecule has 1 aromatic rings. The van der Waals surface area contributed by atoms with Crippen LogP contribution in [0.1, 0.15) is 43.2 Å². The number of hydrogen-bond donors (Lipinski definition) is 2. The highest BCUT2D eigenvalue weighted by atomic mass is 16.3. The van der Waals surface area contributed by atoms with Crippen LogP contribution in [0.4, 0.5) is 0 Å². The number of likely N-dealkylation sites (tertiary alicyclic amines) is 1. The van der Waals surface area contributed by atoms with Crippen molar-refractivity contribution in [2.75, 3.05) is 19.7 Å². The fourth-order valence-electron chi connectivity index (χ4n) is 4.08. The van der Waals surface area contributed by atoms with Crippen molar-refractivity contribution in [2.24, 2.45) is 5.41 Å². The Hall–Kier alpha value is -1.34. The number of benzene rings is 1. The van der Waals surface area contributed by atoms with E-state index in [1.165, 1.54) is 31.2 Å². The summed E-state index contributed by atoms with van der Waals surface area (Å²) < 4.78 is 0. The first kappa shape index (κ1) is 15.6. The molecule has 0 unspecified atom stereocenters. The van der Waals surface area contributed by atoms with Crippen LogP contribution in [0.3, 0.4) is 0 Å². The molecule has 1 aliphatic heterocycles. The lowest BCUT2D eigenvalue weighted by Crippen LogP contribution is -2.46. The summed E-state index contributed by atoms with van der Waals surface area (Å²) in [5, 5.41) is 19.1. The molecule has 0 amide bonds. The van der Waals surface area contributed by atoms with Crippen molar-refractivity contribution in [3.8, 4) is 11.8 Å². The van der Waals surface area contributed by atoms with Gasteiger partial charge in [-0.05, 0) is 49.9 Å². The van der Waals surface area contributed by atoms with Crippen molar-refractivity contribution < 1.29 is 10.2 Å². The summed E-state index contributed by atoms with van der Waals surface area (Å²) in [6.07, 6.45) is 5.60. The van der Waals surface area contributed by atoms with E-state index in [1.54, 1.807) is 0 Å². The summed E-state index contributed by atoms with van der Waals surface area (Å²) in [6, 6.07) is 8.27. The minimum Gasteiger partial charge on any atom is -0.393 e. The van der Waals surface area contributed by atoms with Crippen LogP contribution in [0.15, 0.2) is 24.3 Å². The van der Waals surface area contributed by atoms with Crippen molar-refractivity contribution in [1.29, 1.82) is 0 Å². The standard InChI is InChI=1S/C19H25NO2/c21-13-2-4-16-6-8-17(9-7-16)14-20-12-3-11-19(15-20)10-1-5-18(19)22/h6-9,18,21-22H,1,3,5,10-15H2/t18-,19-/m1/s1. The van der Waals surface area contributed by atoms with Crippen LogP contribution < -0.4 is 0 Å². The molecule has 2 fully saturated rings. The van der Waals surface area contributed by atoms with Gasteiger partial charge in [-0.3, -0.25) is 4.90 Å². The number of hydrogen-bond acceptors (Lipinski definition) is 3. The minimum absolute atomic E-state index is 0.0973. The Kier molecular flexibility index (Phi) is 4.83. The Balaban J connectivity index is 1.63. The van der Waals surface area contributed by atoms with E-state index in [0.29, 0.717) is 0 Å². The van der Waals surface area contributed by atoms with Crippen LogP contribution >= 0.6 is 0 Å². The van der Waals surface area contributed by atoms with Crippen LogP contribution in [0, 0.1) is 17.3 Å². The fraction of sp³-hybridized carbons (Fsp3) is 0.579. The van der Waals surface area contributed by atoms with Gasteiger partial charge in [-0.2, -0.15) is 0 Å². The van der Waals surface area contributed by atoms with Gasteiger partial charge in [-0.15, -0.1) is 0 Å². The third kappa shape index (κ3) is 3.35. The molecule has 0 aromatic heterocycles. The molecule has 1 saturated carbocycles. The van der Waals surface area contributed by atoms with Crippen molar-refractivity contribution >= 4 is 0 Å². The van der Waals surface area contributed by atoms with E-state index in [4.69, 9.17) is 5.11 Å². The molecule has 0 radical (unpaired) electrons. The summed E-state index contributed by atoms with van der Waals surface area (Å²) in [5.41, 5.74) is 2.39.